The Morgan fingerprint density at radius 2 is 1.69 bits per heavy atom. The monoisotopic (exact) mass is 433 g/mol. The van der Waals surface area contributed by atoms with E-state index in [0.29, 0.717) is 16.9 Å². The first-order valence-electron chi connectivity index (χ1n) is 10.7. The molecule has 2 amide bonds. The lowest BCUT2D eigenvalue weighted by atomic mass is 10.00. The zero-order chi connectivity index (χ0) is 22.7. The fourth-order valence-electron chi connectivity index (χ4n) is 4.50. The fraction of sp³-hybridized carbons (Fsp3) is 0.280. The first-order chi connectivity index (χ1) is 15.5. The summed E-state index contributed by atoms with van der Waals surface area (Å²) in [7, 11) is 0. The zero-order valence-corrected chi connectivity index (χ0v) is 18.2. The Kier molecular flexibility index (Phi) is 6.39. The number of carbonyl (C=O) groups excluding carboxylic acids is 2. The summed E-state index contributed by atoms with van der Waals surface area (Å²) >= 11 is 0. The lowest BCUT2D eigenvalue weighted by Gasteiger charge is -2.44. The first kappa shape index (κ1) is 21.8. The molecule has 2 heterocycles. The van der Waals surface area contributed by atoms with Gasteiger partial charge in [0.15, 0.2) is 0 Å². The number of nitrogens with one attached hydrogen (secondary N) is 1. The molecule has 0 bridgehead atoms. The molecule has 0 saturated carbocycles. The van der Waals surface area contributed by atoms with Crippen LogP contribution in [0.15, 0.2) is 71.3 Å². The molecule has 3 aromatic rings. The van der Waals surface area contributed by atoms with Gasteiger partial charge in [-0.15, -0.1) is 0 Å². The van der Waals surface area contributed by atoms with Crippen LogP contribution < -0.4 is 5.48 Å². The Labute approximate surface area is 187 Å². The van der Waals surface area contributed by atoms with Gasteiger partial charge in [0.05, 0.1) is 11.8 Å². The van der Waals surface area contributed by atoms with E-state index >= 15 is 0 Å². The molecular formula is C25H27N3O4. The van der Waals surface area contributed by atoms with E-state index < -0.39 is 5.91 Å². The predicted octanol–water partition coefficient (Wildman–Crippen LogP) is 3.80. The van der Waals surface area contributed by atoms with E-state index in [1.54, 1.807) is 23.9 Å². The van der Waals surface area contributed by atoms with Crippen LogP contribution in [0.5, 0.6) is 0 Å². The number of nitrogens with zero attached hydrogens (tertiary/aromatic N) is 2. The summed E-state index contributed by atoms with van der Waals surface area (Å²) in [6.45, 7) is 6.37. The minimum Gasteiger partial charge on any atom is -0.464 e. The lowest BCUT2D eigenvalue weighted by Crippen LogP contribution is -2.58. The van der Waals surface area contributed by atoms with E-state index in [0.717, 1.165) is 30.8 Å². The number of amides is 2. The second-order valence-electron chi connectivity index (χ2n) is 8.27. The van der Waals surface area contributed by atoms with Crippen molar-refractivity contribution in [2.45, 2.75) is 32.5 Å². The van der Waals surface area contributed by atoms with Crippen LogP contribution in [0.3, 0.4) is 0 Å². The van der Waals surface area contributed by atoms with Crippen molar-refractivity contribution in [2.75, 3.05) is 13.1 Å². The quantitative estimate of drug-likeness (QED) is 0.472. The summed E-state index contributed by atoms with van der Waals surface area (Å²) in [6.07, 6.45) is 1.61. The average molecular weight is 434 g/mol. The second-order valence-corrected chi connectivity index (χ2v) is 8.27. The summed E-state index contributed by atoms with van der Waals surface area (Å²) in [6, 6.07) is 18.5. The van der Waals surface area contributed by atoms with E-state index in [1.807, 2.05) is 53.4 Å². The first-order valence-corrected chi connectivity index (χ1v) is 10.7. The van der Waals surface area contributed by atoms with Gasteiger partial charge in [-0.2, -0.15) is 0 Å². The molecule has 0 unspecified atom stereocenters. The van der Waals surface area contributed by atoms with Gasteiger partial charge in [-0.25, -0.2) is 5.48 Å². The number of hydrogen-bond donors (Lipinski definition) is 2. The van der Waals surface area contributed by atoms with Crippen LogP contribution in [0.2, 0.25) is 0 Å². The molecule has 2 N–H and O–H groups in total. The van der Waals surface area contributed by atoms with E-state index in [1.165, 1.54) is 0 Å². The minimum atomic E-state index is -0.527. The van der Waals surface area contributed by atoms with E-state index in [4.69, 9.17) is 9.62 Å². The molecule has 7 heteroatoms. The van der Waals surface area contributed by atoms with E-state index in [9.17, 15) is 9.59 Å². The summed E-state index contributed by atoms with van der Waals surface area (Å²) in [5.74, 6) is 0.169. The Hall–Kier alpha value is -3.42. The summed E-state index contributed by atoms with van der Waals surface area (Å²) in [5, 5.41) is 8.75. The van der Waals surface area contributed by atoms with Gasteiger partial charge in [-0.3, -0.25) is 19.7 Å². The van der Waals surface area contributed by atoms with Crippen molar-refractivity contribution >= 4 is 11.8 Å². The van der Waals surface area contributed by atoms with Gasteiger partial charge in [0.2, 0.25) is 0 Å². The molecule has 1 aromatic heterocycles. The molecule has 4 rings (SSSR count). The maximum atomic E-state index is 13.5. The number of furan rings is 1. The molecule has 1 aliphatic rings. The predicted molar refractivity (Wildman–Crippen MR) is 120 cm³/mol. The Morgan fingerprint density at radius 1 is 1.00 bits per heavy atom. The van der Waals surface area contributed by atoms with Gasteiger partial charge in [-0.1, -0.05) is 30.3 Å². The molecule has 1 saturated heterocycles. The molecule has 0 aliphatic carbocycles. The van der Waals surface area contributed by atoms with Crippen molar-refractivity contribution in [3.63, 3.8) is 0 Å². The molecule has 1 aliphatic heterocycles. The summed E-state index contributed by atoms with van der Waals surface area (Å²) in [5.41, 5.74) is 4.57. The molecular weight excluding hydrogens is 406 g/mol. The largest absolute Gasteiger partial charge is 0.464 e. The standard InChI is InChI=1S/C25H27N3O4/c1-17-14-27(16-19-9-11-20(12-10-19)24(29)26-31)15-18(2)28(17)25(30)22-7-4-3-6-21(22)23-8-5-13-32-23/h3-13,17-18,31H,14-16H2,1-2H3,(H,26,29)/t17-,18+. The third-order valence-corrected chi connectivity index (χ3v) is 5.90. The Bertz CT molecular complexity index is 1070. The molecule has 166 valence electrons. The van der Waals surface area contributed by atoms with Crippen molar-refractivity contribution < 1.29 is 19.2 Å². The Morgan fingerprint density at radius 3 is 2.31 bits per heavy atom. The average Bonchev–Trinajstić information content (AvgIpc) is 3.33. The molecule has 7 nitrogen and oxygen atoms in total. The van der Waals surface area contributed by atoms with Gasteiger partial charge in [0, 0.05) is 42.8 Å². The third-order valence-electron chi connectivity index (χ3n) is 5.90. The maximum absolute atomic E-state index is 13.5. The number of piperazine rings is 1. The highest BCUT2D eigenvalue weighted by Crippen LogP contribution is 2.28. The van der Waals surface area contributed by atoms with Crippen LogP contribution in [0, 0.1) is 0 Å². The van der Waals surface area contributed by atoms with Crippen LogP contribution in [0.4, 0.5) is 0 Å². The van der Waals surface area contributed by atoms with Gasteiger partial charge >= 0.3 is 0 Å². The normalized spacial score (nSPS) is 19.0. The molecule has 2 atom stereocenters. The third kappa shape index (κ3) is 4.44. The number of carbonyl (C=O) groups is 2. The smallest absolute Gasteiger partial charge is 0.274 e. The number of rotatable bonds is 5. The highest BCUT2D eigenvalue weighted by atomic mass is 16.5. The van der Waals surface area contributed by atoms with Crippen molar-refractivity contribution in [2.24, 2.45) is 0 Å². The molecule has 1 fully saturated rings. The van der Waals surface area contributed by atoms with Crippen LogP contribution in [0.25, 0.3) is 11.3 Å². The topological polar surface area (TPSA) is 86.0 Å². The molecule has 32 heavy (non-hydrogen) atoms. The molecule has 0 radical (unpaired) electrons. The zero-order valence-electron chi connectivity index (χ0n) is 18.2. The Balaban J connectivity index is 1.47. The highest BCUT2D eigenvalue weighted by molar-refractivity contribution is 6.00. The van der Waals surface area contributed by atoms with Crippen LogP contribution in [0.1, 0.15) is 40.1 Å². The lowest BCUT2D eigenvalue weighted by molar-refractivity contribution is 0.0269. The van der Waals surface area contributed by atoms with Gasteiger partial charge in [-0.05, 0) is 49.7 Å². The second kappa shape index (κ2) is 9.38. The van der Waals surface area contributed by atoms with Gasteiger partial charge in [0.25, 0.3) is 11.8 Å². The van der Waals surface area contributed by atoms with Crippen molar-refractivity contribution in [3.8, 4) is 11.3 Å². The van der Waals surface area contributed by atoms with Gasteiger partial charge < -0.3 is 9.32 Å². The fourth-order valence-corrected chi connectivity index (χ4v) is 4.50. The molecule has 0 spiro atoms. The van der Waals surface area contributed by atoms with Crippen molar-refractivity contribution in [3.05, 3.63) is 83.6 Å². The highest BCUT2D eigenvalue weighted by Gasteiger charge is 2.34. The molecule has 2 aromatic carbocycles. The van der Waals surface area contributed by atoms with E-state index in [2.05, 4.69) is 18.7 Å². The number of benzene rings is 2. The van der Waals surface area contributed by atoms with Gasteiger partial charge in [0.1, 0.15) is 5.76 Å². The summed E-state index contributed by atoms with van der Waals surface area (Å²) in [4.78, 5) is 29.3. The number of hydroxylamine groups is 1. The van der Waals surface area contributed by atoms with Crippen LogP contribution in [-0.2, 0) is 6.54 Å². The van der Waals surface area contributed by atoms with Crippen LogP contribution >= 0.6 is 0 Å². The maximum Gasteiger partial charge on any atom is 0.274 e. The van der Waals surface area contributed by atoms with E-state index in [-0.39, 0.29) is 18.0 Å². The van der Waals surface area contributed by atoms with Crippen molar-refractivity contribution in [1.29, 1.82) is 0 Å². The summed E-state index contributed by atoms with van der Waals surface area (Å²) < 4.78 is 5.55. The SMILES string of the molecule is C[C@@H]1CN(Cc2ccc(C(=O)NO)cc2)C[C@H](C)N1C(=O)c1ccccc1-c1ccco1. The number of hydrogen-bond acceptors (Lipinski definition) is 5. The minimum absolute atomic E-state index is 0.0102. The van der Waals surface area contributed by atoms with Crippen LogP contribution in [-0.4, -0.2) is 52.0 Å². The van der Waals surface area contributed by atoms with Crippen molar-refractivity contribution in [1.82, 2.24) is 15.3 Å².